The molecule has 0 aromatic carbocycles. The highest BCUT2D eigenvalue weighted by Gasteiger charge is 2.36. The van der Waals surface area contributed by atoms with Gasteiger partial charge in [0.15, 0.2) is 0 Å². The van der Waals surface area contributed by atoms with Crippen molar-refractivity contribution in [2.24, 2.45) is 5.92 Å². The summed E-state index contributed by atoms with van der Waals surface area (Å²) >= 11 is 1.47. The molecule has 9 heteroatoms. The molecule has 2 aliphatic rings. The Morgan fingerprint density at radius 2 is 2.22 bits per heavy atom. The van der Waals surface area contributed by atoms with Crippen molar-refractivity contribution >= 4 is 42.0 Å². The zero-order valence-corrected chi connectivity index (χ0v) is 15.0. The lowest BCUT2D eigenvalue weighted by molar-refractivity contribution is -0.117. The first kappa shape index (κ1) is 16.7. The molecule has 0 radical (unpaired) electrons. The van der Waals surface area contributed by atoms with Gasteiger partial charge >= 0.3 is 0 Å². The van der Waals surface area contributed by atoms with Gasteiger partial charge in [0, 0.05) is 47.5 Å². The number of likely N-dealkylation sites (N-methyl/N-ethyl adjacent to an activating group) is 1. The van der Waals surface area contributed by atoms with Crippen LogP contribution in [0.1, 0.15) is 22.4 Å². The van der Waals surface area contributed by atoms with Gasteiger partial charge in [-0.1, -0.05) is 0 Å². The second-order valence-electron chi connectivity index (χ2n) is 6.06. The first-order valence-electron chi connectivity index (χ1n) is 7.24. The molecule has 1 fully saturated rings. The van der Waals surface area contributed by atoms with Crippen LogP contribution in [0.25, 0.3) is 0 Å². The van der Waals surface area contributed by atoms with Gasteiger partial charge in [-0.2, -0.15) is 5.26 Å². The summed E-state index contributed by atoms with van der Waals surface area (Å²) in [6, 6.07) is 2.23. The minimum absolute atomic E-state index is 0.140. The fourth-order valence-corrected chi connectivity index (χ4v) is 5.92. The molecule has 1 atom stereocenters. The molecule has 0 N–H and O–H groups in total. The molecule has 3 rings (SSSR count). The van der Waals surface area contributed by atoms with Crippen molar-refractivity contribution in [3.8, 4) is 6.07 Å². The van der Waals surface area contributed by atoms with Crippen LogP contribution in [0.15, 0.2) is 0 Å². The van der Waals surface area contributed by atoms with E-state index in [1.54, 1.807) is 4.90 Å². The Bertz CT molecular complexity index is 797. The summed E-state index contributed by atoms with van der Waals surface area (Å²) in [5.74, 6) is -0.677. The Kier molecular flexibility index (Phi) is 4.40. The topological polar surface area (TPSA) is 81.5 Å². The van der Waals surface area contributed by atoms with Crippen molar-refractivity contribution in [2.75, 3.05) is 30.8 Å². The highest BCUT2D eigenvalue weighted by Crippen LogP contribution is 2.41. The Morgan fingerprint density at radius 3 is 2.87 bits per heavy atom. The second kappa shape index (κ2) is 6.06. The highest BCUT2D eigenvalue weighted by molar-refractivity contribution is 8.13. The molecule has 1 aromatic rings. The summed E-state index contributed by atoms with van der Waals surface area (Å²) < 4.78 is 22.5. The van der Waals surface area contributed by atoms with Crippen LogP contribution < -0.4 is 4.90 Å². The van der Waals surface area contributed by atoms with Crippen LogP contribution in [-0.2, 0) is 26.8 Å². The van der Waals surface area contributed by atoms with E-state index in [1.807, 2.05) is 7.05 Å². The van der Waals surface area contributed by atoms with E-state index in [0.717, 1.165) is 30.0 Å². The lowest BCUT2D eigenvalue weighted by Crippen LogP contribution is -2.26. The van der Waals surface area contributed by atoms with Crippen molar-refractivity contribution in [3.05, 3.63) is 16.0 Å². The molecule has 2 aliphatic heterocycles. The largest absolute Gasteiger partial charge is 0.302 e. The van der Waals surface area contributed by atoms with Crippen molar-refractivity contribution in [1.82, 2.24) is 4.90 Å². The van der Waals surface area contributed by atoms with E-state index in [9.17, 15) is 18.5 Å². The number of carbonyl (C=O) groups excluding carboxylic acids is 1. The number of amides is 1. The first-order valence-corrected chi connectivity index (χ1v) is 10.5. The lowest BCUT2D eigenvalue weighted by Gasteiger charge is -2.21. The Hall–Kier alpha value is -1.14. The number of fused-ring (bicyclic) bond motifs is 1. The van der Waals surface area contributed by atoms with Gasteiger partial charge in [0.25, 0.3) is 0 Å². The number of halogens is 1. The van der Waals surface area contributed by atoms with E-state index < -0.39 is 9.05 Å². The summed E-state index contributed by atoms with van der Waals surface area (Å²) in [6.45, 7) is 1.96. The molecule has 0 saturated carbocycles. The van der Waals surface area contributed by atoms with Crippen LogP contribution in [0.4, 0.5) is 5.00 Å². The Balaban J connectivity index is 1.91. The number of rotatable bonds is 3. The monoisotopic (exact) mass is 373 g/mol. The van der Waals surface area contributed by atoms with Crippen molar-refractivity contribution in [2.45, 2.75) is 19.4 Å². The smallest absolute Gasteiger partial charge is 0.232 e. The van der Waals surface area contributed by atoms with E-state index in [0.29, 0.717) is 17.1 Å². The fourth-order valence-electron chi connectivity index (χ4n) is 3.19. The molecular formula is C14H16ClN3O3S2. The molecule has 0 spiro atoms. The van der Waals surface area contributed by atoms with Crippen molar-refractivity contribution in [3.63, 3.8) is 0 Å². The van der Waals surface area contributed by atoms with Crippen LogP contribution in [-0.4, -0.2) is 45.1 Å². The van der Waals surface area contributed by atoms with E-state index in [1.165, 1.54) is 11.3 Å². The van der Waals surface area contributed by atoms with Gasteiger partial charge < -0.3 is 9.80 Å². The standard InChI is InChI=1S/C14H16ClN3O3S2/c1-17-3-2-10-11(5-16)14(22-12(10)7-17)18-6-9(4-13(18)19)8-23(15,20)21/h9H,2-4,6-8H2,1H3. The minimum Gasteiger partial charge on any atom is -0.302 e. The number of hydrogen-bond acceptors (Lipinski definition) is 6. The molecule has 1 saturated heterocycles. The fraction of sp³-hybridized carbons (Fsp3) is 0.571. The van der Waals surface area contributed by atoms with Crippen LogP contribution in [0.5, 0.6) is 0 Å². The van der Waals surface area contributed by atoms with E-state index in [-0.39, 0.29) is 24.0 Å². The maximum atomic E-state index is 12.3. The molecule has 3 heterocycles. The summed E-state index contributed by atoms with van der Waals surface area (Å²) in [4.78, 5) is 17.2. The number of nitriles is 1. The molecule has 1 amide bonds. The molecular weight excluding hydrogens is 358 g/mol. The Labute approximate surface area is 143 Å². The predicted molar refractivity (Wildman–Crippen MR) is 89.2 cm³/mol. The van der Waals surface area contributed by atoms with Gasteiger partial charge in [-0.05, 0) is 19.0 Å². The molecule has 1 unspecified atom stereocenters. The maximum Gasteiger partial charge on any atom is 0.232 e. The van der Waals surface area contributed by atoms with E-state index in [4.69, 9.17) is 10.7 Å². The third kappa shape index (κ3) is 3.38. The van der Waals surface area contributed by atoms with Gasteiger partial charge in [-0.3, -0.25) is 4.79 Å². The molecule has 0 bridgehead atoms. The van der Waals surface area contributed by atoms with Crippen LogP contribution in [0.3, 0.4) is 0 Å². The molecule has 0 aliphatic carbocycles. The quantitative estimate of drug-likeness (QED) is 0.750. The minimum atomic E-state index is -3.64. The normalized spacial score (nSPS) is 22.2. The number of carbonyl (C=O) groups is 1. The zero-order chi connectivity index (χ0) is 16.8. The van der Waals surface area contributed by atoms with E-state index in [2.05, 4.69) is 11.0 Å². The highest BCUT2D eigenvalue weighted by atomic mass is 35.7. The number of nitrogens with zero attached hydrogens (tertiary/aromatic N) is 3. The SMILES string of the molecule is CN1CCc2c(sc(N3CC(CS(=O)(=O)Cl)CC3=O)c2C#N)C1. The van der Waals surface area contributed by atoms with Gasteiger partial charge in [-0.15, -0.1) is 11.3 Å². The lowest BCUT2D eigenvalue weighted by atomic mass is 10.0. The average molecular weight is 374 g/mol. The van der Waals surface area contributed by atoms with Gasteiger partial charge in [0.1, 0.15) is 11.1 Å². The summed E-state index contributed by atoms with van der Waals surface area (Å²) in [6.07, 6.45) is 0.950. The zero-order valence-electron chi connectivity index (χ0n) is 12.6. The molecule has 124 valence electrons. The number of hydrogen-bond donors (Lipinski definition) is 0. The van der Waals surface area contributed by atoms with Crippen molar-refractivity contribution < 1.29 is 13.2 Å². The van der Waals surface area contributed by atoms with E-state index >= 15 is 0 Å². The van der Waals surface area contributed by atoms with Crippen LogP contribution in [0, 0.1) is 17.2 Å². The van der Waals surface area contributed by atoms with Gasteiger partial charge in [0.2, 0.25) is 15.0 Å². The maximum absolute atomic E-state index is 12.3. The third-order valence-corrected chi connectivity index (χ3v) is 6.71. The summed E-state index contributed by atoms with van der Waals surface area (Å²) in [7, 11) is 3.69. The summed E-state index contributed by atoms with van der Waals surface area (Å²) in [5.41, 5.74) is 1.60. The average Bonchev–Trinajstić information content (AvgIpc) is 2.96. The Morgan fingerprint density at radius 1 is 1.48 bits per heavy atom. The molecule has 1 aromatic heterocycles. The second-order valence-corrected chi connectivity index (χ2v) is 9.97. The van der Waals surface area contributed by atoms with Crippen molar-refractivity contribution in [1.29, 1.82) is 5.26 Å². The predicted octanol–water partition coefficient (Wildman–Crippen LogP) is 1.53. The van der Waals surface area contributed by atoms with Gasteiger partial charge in [-0.25, -0.2) is 8.42 Å². The third-order valence-electron chi connectivity index (χ3n) is 4.23. The molecule has 6 nitrogen and oxygen atoms in total. The number of thiophene rings is 1. The summed E-state index contributed by atoms with van der Waals surface area (Å²) in [5, 5.41) is 10.2. The molecule has 23 heavy (non-hydrogen) atoms. The van der Waals surface area contributed by atoms with Gasteiger partial charge in [0.05, 0.1) is 11.3 Å². The first-order chi connectivity index (χ1) is 10.8. The van der Waals surface area contributed by atoms with Crippen LogP contribution >= 0.6 is 22.0 Å². The van der Waals surface area contributed by atoms with Crippen LogP contribution in [0.2, 0.25) is 0 Å². The number of anilines is 1.